The number of nitrogens with zero attached hydrogens (tertiary/aromatic N) is 1. The van der Waals surface area contributed by atoms with E-state index in [2.05, 4.69) is 15.6 Å². The first-order chi connectivity index (χ1) is 10.1. The zero-order valence-electron chi connectivity index (χ0n) is 11.0. The van der Waals surface area contributed by atoms with Gasteiger partial charge < -0.3 is 15.6 Å². The standard InChI is InChI=1S/C14H13ClN4O2/c15-9-7-12(17-8-9)13(20)18-10-1-3-11(4-2-10)19-6-5-16-14(19)21/h1-4,7-8,17H,5-6H2,(H,16,21)(H,18,20). The number of aromatic amines is 1. The van der Waals surface area contributed by atoms with Gasteiger partial charge in [0.05, 0.1) is 5.02 Å². The van der Waals surface area contributed by atoms with Crippen LogP contribution in [0.25, 0.3) is 0 Å². The van der Waals surface area contributed by atoms with Crippen molar-refractivity contribution in [2.45, 2.75) is 0 Å². The summed E-state index contributed by atoms with van der Waals surface area (Å²) in [6.45, 7) is 1.29. The van der Waals surface area contributed by atoms with Crippen molar-refractivity contribution in [3.63, 3.8) is 0 Å². The first kappa shape index (κ1) is 13.5. The van der Waals surface area contributed by atoms with Crippen LogP contribution in [0.4, 0.5) is 16.2 Å². The number of hydrogen-bond acceptors (Lipinski definition) is 2. The zero-order valence-corrected chi connectivity index (χ0v) is 11.8. The quantitative estimate of drug-likeness (QED) is 0.814. The summed E-state index contributed by atoms with van der Waals surface area (Å²) in [4.78, 5) is 27.9. The molecular formula is C14H13ClN4O2. The summed E-state index contributed by atoms with van der Waals surface area (Å²) >= 11 is 5.76. The Kier molecular flexibility index (Phi) is 3.53. The first-order valence-electron chi connectivity index (χ1n) is 6.44. The molecule has 3 rings (SSSR count). The van der Waals surface area contributed by atoms with Crippen LogP contribution in [0.3, 0.4) is 0 Å². The molecule has 2 heterocycles. The fraction of sp³-hybridized carbons (Fsp3) is 0.143. The summed E-state index contributed by atoms with van der Waals surface area (Å²) in [5.74, 6) is -0.270. The topological polar surface area (TPSA) is 77.2 Å². The van der Waals surface area contributed by atoms with Gasteiger partial charge in [0.1, 0.15) is 5.69 Å². The maximum Gasteiger partial charge on any atom is 0.321 e. The highest BCUT2D eigenvalue weighted by Crippen LogP contribution is 2.20. The second kappa shape index (κ2) is 5.49. The lowest BCUT2D eigenvalue weighted by Gasteiger charge is -2.14. The summed E-state index contributed by atoms with van der Waals surface area (Å²) in [6, 6.07) is 8.55. The minimum absolute atomic E-state index is 0.104. The normalized spacial score (nSPS) is 14.1. The number of halogens is 1. The molecule has 0 unspecified atom stereocenters. The molecule has 2 aromatic rings. The number of nitrogens with one attached hydrogen (secondary N) is 3. The molecule has 0 atom stereocenters. The van der Waals surface area contributed by atoms with Gasteiger partial charge in [-0.3, -0.25) is 9.69 Å². The van der Waals surface area contributed by atoms with Crippen LogP contribution < -0.4 is 15.5 Å². The minimum Gasteiger partial charge on any atom is -0.356 e. The maximum absolute atomic E-state index is 11.9. The molecule has 1 aromatic heterocycles. The van der Waals surface area contributed by atoms with Crippen molar-refractivity contribution < 1.29 is 9.59 Å². The van der Waals surface area contributed by atoms with E-state index in [9.17, 15) is 9.59 Å². The van der Waals surface area contributed by atoms with E-state index >= 15 is 0 Å². The highest BCUT2D eigenvalue weighted by atomic mass is 35.5. The molecule has 6 nitrogen and oxygen atoms in total. The second-order valence-corrected chi connectivity index (χ2v) is 5.05. The minimum atomic E-state index is -0.270. The van der Waals surface area contributed by atoms with E-state index in [1.54, 1.807) is 41.4 Å². The van der Waals surface area contributed by atoms with Crippen LogP contribution in [0.5, 0.6) is 0 Å². The van der Waals surface area contributed by atoms with Gasteiger partial charge in [-0.25, -0.2) is 4.79 Å². The molecule has 0 radical (unpaired) electrons. The van der Waals surface area contributed by atoms with E-state index in [1.807, 2.05) is 0 Å². The predicted molar refractivity (Wildman–Crippen MR) is 80.9 cm³/mol. The molecule has 0 aliphatic carbocycles. The van der Waals surface area contributed by atoms with Crippen molar-refractivity contribution in [3.8, 4) is 0 Å². The monoisotopic (exact) mass is 304 g/mol. The molecule has 1 aromatic carbocycles. The fourth-order valence-corrected chi connectivity index (χ4v) is 2.30. The van der Waals surface area contributed by atoms with Gasteiger partial charge in [0.2, 0.25) is 0 Å². The Morgan fingerprint density at radius 2 is 2.05 bits per heavy atom. The van der Waals surface area contributed by atoms with Gasteiger partial charge in [0.15, 0.2) is 0 Å². The van der Waals surface area contributed by atoms with Crippen LogP contribution in [0.2, 0.25) is 5.02 Å². The van der Waals surface area contributed by atoms with Gasteiger partial charge in [-0.15, -0.1) is 0 Å². The van der Waals surface area contributed by atoms with Crippen molar-refractivity contribution in [1.82, 2.24) is 10.3 Å². The van der Waals surface area contributed by atoms with E-state index in [0.29, 0.717) is 29.5 Å². The zero-order chi connectivity index (χ0) is 14.8. The Balaban J connectivity index is 1.69. The van der Waals surface area contributed by atoms with Gasteiger partial charge in [0.25, 0.3) is 5.91 Å². The average Bonchev–Trinajstić information content (AvgIpc) is 3.08. The summed E-state index contributed by atoms with van der Waals surface area (Å²) in [7, 11) is 0. The molecule has 0 bridgehead atoms. The number of benzene rings is 1. The molecule has 7 heteroatoms. The average molecular weight is 305 g/mol. The third-order valence-corrected chi connectivity index (χ3v) is 3.40. The first-order valence-corrected chi connectivity index (χ1v) is 6.82. The molecular weight excluding hydrogens is 292 g/mol. The highest BCUT2D eigenvalue weighted by Gasteiger charge is 2.20. The van der Waals surface area contributed by atoms with Crippen molar-refractivity contribution in [3.05, 3.63) is 47.2 Å². The van der Waals surface area contributed by atoms with E-state index in [1.165, 1.54) is 0 Å². The molecule has 3 amide bonds. The Morgan fingerprint density at radius 1 is 1.29 bits per heavy atom. The van der Waals surface area contributed by atoms with Crippen LogP contribution in [0.15, 0.2) is 36.5 Å². The fourth-order valence-electron chi connectivity index (χ4n) is 2.14. The number of H-pyrrole nitrogens is 1. The molecule has 0 saturated carbocycles. The van der Waals surface area contributed by atoms with Gasteiger partial charge in [-0.1, -0.05) is 11.6 Å². The molecule has 1 saturated heterocycles. The molecule has 1 aliphatic rings. The summed E-state index contributed by atoms with van der Waals surface area (Å²) in [5, 5.41) is 5.97. The number of anilines is 2. The molecule has 0 spiro atoms. The van der Waals surface area contributed by atoms with Crippen molar-refractivity contribution in [1.29, 1.82) is 0 Å². The van der Waals surface area contributed by atoms with Crippen molar-refractivity contribution in [2.24, 2.45) is 0 Å². The van der Waals surface area contributed by atoms with Crippen LogP contribution >= 0.6 is 11.6 Å². The number of urea groups is 1. The molecule has 1 aliphatic heterocycles. The van der Waals surface area contributed by atoms with Gasteiger partial charge in [0, 0.05) is 30.7 Å². The second-order valence-electron chi connectivity index (χ2n) is 4.62. The lowest BCUT2D eigenvalue weighted by Crippen LogP contribution is -2.27. The Bertz CT molecular complexity index is 681. The summed E-state index contributed by atoms with van der Waals surface area (Å²) in [6.07, 6.45) is 1.55. The lowest BCUT2D eigenvalue weighted by atomic mass is 10.2. The SMILES string of the molecule is O=C(Nc1ccc(N2CCNC2=O)cc1)c1cc(Cl)c[nH]1. The van der Waals surface area contributed by atoms with E-state index in [0.717, 1.165) is 5.69 Å². The van der Waals surface area contributed by atoms with Crippen LogP contribution in [-0.4, -0.2) is 30.0 Å². The molecule has 108 valence electrons. The van der Waals surface area contributed by atoms with Crippen molar-refractivity contribution in [2.75, 3.05) is 23.3 Å². The largest absolute Gasteiger partial charge is 0.356 e. The van der Waals surface area contributed by atoms with E-state index in [-0.39, 0.29) is 11.9 Å². The van der Waals surface area contributed by atoms with Gasteiger partial charge in [-0.2, -0.15) is 0 Å². The van der Waals surface area contributed by atoms with Crippen LogP contribution in [0, 0.1) is 0 Å². The third-order valence-electron chi connectivity index (χ3n) is 3.19. The number of carbonyl (C=O) groups excluding carboxylic acids is 2. The number of hydrogen-bond donors (Lipinski definition) is 3. The molecule has 21 heavy (non-hydrogen) atoms. The van der Waals surface area contributed by atoms with E-state index < -0.39 is 0 Å². The Morgan fingerprint density at radius 3 is 2.62 bits per heavy atom. The summed E-state index contributed by atoms with van der Waals surface area (Å²) in [5.41, 5.74) is 1.84. The number of rotatable bonds is 3. The number of carbonyl (C=O) groups is 2. The highest BCUT2D eigenvalue weighted by molar-refractivity contribution is 6.31. The lowest BCUT2D eigenvalue weighted by molar-refractivity contribution is 0.102. The van der Waals surface area contributed by atoms with Crippen molar-refractivity contribution >= 4 is 34.9 Å². The summed E-state index contributed by atoms with van der Waals surface area (Å²) < 4.78 is 0. The Hall–Kier alpha value is -2.47. The maximum atomic E-state index is 11.9. The smallest absolute Gasteiger partial charge is 0.321 e. The van der Waals surface area contributed by atoms with Gasteiger partial charge >= 0.3 is 6.03 Å². The molecule has 1 fully saturated rings. The predicted octanol–water partition coefficient (Wildman–Crippen LogP) is 2.45. The molecule has 3 N–H and O–H groups in total. The van der Waals surface area contributed by atoms with Crippen LogP contribution in [0.1, 0.15) is 10.5 Å². The third kappa shape index (κ3) is 2.85. The van der Waals surface area contributed by atoms with Gasteiger partial charge in [-0.05, 0) is 30.3 Å². The Labute approximate surface area is 126 Å². The van der Waals surface area contributed by atoms with E-state index in [4.69, 9.17) is 11.6 Å². The number of aromatic nitrogens is 1. The number of amides is 3. The van der Waals surface area contributed by atoms with Crippen LogP contribution in [-0.2, 0) is 0 Å².